The van der Waals surface area contributed by atoms with Gasteiger partial charge in [-0.15, -0.1) is 0 Å². The third kappa shape index (κ3) is 5.04. The van der Waals surface area contributed by atoms with Crippen LogP contribution >= 0.6 is 11.6 Å². The Labute approximate surface area is 121 Å². The van der Waals surface area contributed by atoms with Gasteiger partial charge in [-0.2, -0.15) is 0 Å². The van der Waals surface area contributed by atoms with E-state index in [2.05, 4.69) is 4.90 Å². The van der Waals surface area contributed by atoms with Crippen molar-refractivity contribution in [2.24, 2.45) is 0 Å². The Morgan fingerprint density at radius 3 is 2.58 bits per heavy atom. The molecule has 1 saturated heterocycles. The van der Waals surface area contributed by atoms with E-state index in [9.17, 15) is 0 Å². The van der Waals surface area contributed by atoms with Crippen molar-refractivity contribution >= 4 is 11.6 Å². The van der Waals surface area contributed by atoms with Crippen molar-refractivity contribution in [2.75, 3.05) is 26.2 Å². The molecule has 0 amide bonds. The standard InChI is InChI=1S/C16H24ClNO/c1-14-13-15(7-8-16(14)17)19-12-6-11-18-9-4-2-3-5-10-18/h7-8,13H,2-6,9-12H2,1H3. The average Bonchev–Trinajstić information content (AvgIpc) is 2.67. The molecule has 1 aliphatic heterocycles. The van der Waals surface area contributed by atoms with Crippen LogP contribution < -0.4 is 4.74 Å². The lowest BCUT2D eigenvalue weighted by molar-refractivity contribution is 0.240. The molecule has 0 N–H and O–H groups in total. The van der Waals surface area contributed by atoms with Crippen molar-refractivity contribution in [3.63, 3.8) is 0 Å². The molecule has 19 heavy (non-hydrogen) atoms. The van der Waals surface area contributed by atoms with E-state index in [1.54, 1.807) is 0 Å². The summed E-state index contributed by atoms with van der Waals surface area (Å²) in [6, 6.07) is 5.86. The molecular weight excluding hydrogens is 258 g/mol. The lowest BCUT2D eigenvalue weighted by Gasteiger charge is -2.19. The molecule has 0 atom stereocenters. The van der Waals surface area contributed by atoms with Crippen molar-refractivity contribution in [3.8, 4) is 5.75 Å². The maximum Gasteiger partial charge on any atom is 0.119 e. The van der Waals surface area contributed by atoms with Crippen LogP contribution in [-0.2, 0) is 0 Å². The van der Waals surface area contributed by atoms with Crippen LogP contribution in [0.25, 0.3) is 0 Å². The van der Waals surface area contributed by atoms with Gasteiger partial charge in [0.2, 0.25) is 0 Å². The fourth-order valence-electron chi connectivity index (χ4n) is 2.54. The number of hydrogen-bond acceptors (Lipinski definition) is 2. The molecule has 0 spiro atoms. The summed E-state index contributed by atoms with van der Waals surface area (Å²) >= 11 is 6.00. The van der Waals surface area contributed by atoms with Gasteiger partial charge in [0.15, 0.2) is 0 Å². The Kier molecular flexibility index (Phi) is 5.99. The predicted molar refractivity (Wildman–Crippen MR) is 81.2 cm³/mol. The smallest absolute Gasteiger partial charge is 0.119 e. The number of halogens is 1. The third-order valence-corrected chi connectivity index (χ3v) is 4.14. The molecule has 0 aromatic heterocycles. The topological polar surface area (TPSA) is 12.5 Å². The summed E-state index contributed by atoms with van der Waals surface area (Å²) in [5.41, 5.74) is 1.08. The summed E-state index contributed by atoms with van der Waals surface area (Å²) in [5, 5.41) is 0.803. The SMILES string of the molecule is Cc1cc(OCCCN2CCCCCC2)ccc1Cl. The number of hydrogen-bond donors (Lipinski definition) is 0. The van der Waals surface area contributed by atoms with E-state index in [0.29, 0.717) is 0 Å². The highest BCUT2D eigenvalue weighted by molar-refractivity contribution is 6.31. The molecule has 2 rings (SSSR count). The molecule has 1 aromatic rings. The zero-order valence-electron chi connectivity index (χ0n) is 11.8. The quantitative estimate of drug-likeness (QED) is 0.747. The van der Waals surface area contributed by atoms with Crippen LogP contribution in [0.2, 0.25) is 5.02 Å². The van der Waals surface area contributed by atoms with Gasteiger partial charge in [-0.25, -0.2) is 0 Å². The van der Waals surface area contributed by atoms with E-state index < -0.39 is 0 Å². The summed E-state index contributed by atoms with van der Waals surface area (Å²) in [7, 11) is 0. The van der Waals surface area contributed by atoms with E-state index in [0.717, 1.165) is 35.9 Å². The van der Waals surface area contributed by atoms with Crippen molar-refractivity contribution in [2.45, 2.75) is 39.0 Å². The Morgan fingerprint density at radius 2 is 1.89 bits per heavy atom. The van der Waals surface area contributed by atoms with Crippen LogP contribution in [0.3, 0.4) is 0 Å². The van der Waals surface area contributed by atoms with Crippen LogP contribution in [0.4, 0.5) is 0 Å². The molecule has 1 aliphatic rings. The monoisotopic (exact) mass is 281 g/mol. The number of likely N-dealkylation sites (tertiary alicyclic amines) is 1. The lowest BCUT2D eigenvalue weighted by atomic mass is 10.2. The fourth-order valence-corrected chi connectivity index (χ4v) is 2.66. The van der Waals surface area contributed by atoms with Gasteiger partial charge in [-0.1, -0.05) is 24.4 Å². The summed E-state index contributed by atoms with van der Waals surface area (Å²) < 4.78 is 5.78. The van der Waals surface area contributed by atoms with Crippen molar-refractivity contribution in [1.82, 2.24) is 4.90 Å². The summed E-state index contributed by atoms with van der Waals surface area (Å²) in [5.74, 6) is 0.928. The Morgan fingerprint density at radius 1 is 1.16 bits per heavy atom. The summed E-state index contributed by atoms with van der Waals surface area (Å²) in [6.07, 6.45) is 6.62. The molecule has 0 radical (unpaired) electrons. The number of nitrogens with zero attached hydrogens (tertiary/aromatic N) is 1. The molecule has 1 fully saturated rings. The van der Waals surface area contributed by atoms with E-state index in [1.807, 2.05) is 25.1 Å². The van der Waals surface area contributed by atoms with Crippen LogP contribution in [0.1, 0.15) is 37.7 Å². The Balaban J connectivity index is 1.67. The number of aryl methyl sites for hydroxylation is 1. The lowest BCUT2D eigenvalue weighted by Crippen LogP contribution is -2.26. The van der Waals surface area contributed by atoms with Crippen LogP contribution in [0.15, 0.2) is 18.2 Å². The maximum absolute atomic E-state index is 6.00. The number of benzene rings is 1. The minimum Gasteiger partial charge on any atom is -0.494 e. The first-order valence-corrected chi connectivity index (χ1v) is 7.75. The van der Waals surface area contributed by atoms with Crippen molar-refractivity contribution in [1.29, 1.82) is 0 Å². The number of rotatable bonds is 5. The second-order valence-electron chi connectivity index (χ2n) is 5.37. The zero-order chi connectivity index (χ0) is 13.5. The zero-order valence-corrected chi connectivity index (χ0v) is 12.6. The second-order valence-corrected chi connectivity index (χ2v) is 5.78. The van der Waals surface area contributed by atoms with Crippen LogP contribution in [-0.4, -0.2) is 31.1 Å². The van der Waals surface area contributed by atoms with Gasteiger partial charge in [0.05, 0.1) is 6.61 Å². The minimum atomic E-state index is 0.789. The van der Waals surface area contributed by atoms with E-state index in [1.165, 1.54) is 38.8 Å². The highest BCUT2D eigenvalue weighted by Gasteiger charge is 2.08. The van der Waals surface area contributed by atoms with Gasteiger partial charge >= 0.3 is 0 Å². The molecule has 0 unspecified atom stereocenters. The number of ether oxygens (including phenoxy) is 1. The van der Waals surface area contributed by atoms with Gasteiger partial charge in [0.1, 0.15) is 5.75 Å². The van der Waals surface area contributed by atoms with Crippen molar-refractivity contribution < 1.29 is 4.74 Å². The van der Waals surface area contributed by atoms with Gasteiger partial charge < -0.3 is 9.64 Å². The van der Waals surface area contributed by atoms with E-state index >= 15 is 0 Å². The molecule has 2 nitrogen and oxygen atoms in total. The average molecular weight is 282 g/mol. The van der Waals surface area contributed by atoms with Gasteiger partial charge in [-0.3, -0.25) is 0 Å². The molecule has 0 saturated carbocycles. The largest absolute Gasteiger partial charge is 0.494 e. The van der Waals surface area contributed by atoms with E-state index in [4.69, 9.17) is 16.3 Å². The summed E-state index contributed by atoms with van der Waals surface area (Å²) in [6.45, 7) is 6.48. The fraction of sp³-hybridized carbons (Fsp3) is 0.625. The molecule has 1 heterocycles. The minimum absolute atomic E-state index is 0.789. The third-order valence-electron chi connectivity index (χ3n) is 3.72. The highest BCUT2D eigenvalue weighted by atomic mass is 35.5. The molecule has 0 bridgehead atoms. The normalized spacial score (nSPS) is 17.2. The second kappa shape index (κ2) is 7.76. The molecule has 1 aromatic carbocycles. The first kappa shape index (κ1) is 14.7. The molecular formula is C16H24ClNO. The predicted octanol–water partition coefficient (Wildman–Crippen LogP) is 4.29. The maximum atomic E-state index is 6.00. The Bertz CT molecular complexity index is 386. The first-order chi connectivity index (χ1) is 9.25. The molecule has 106 valence electrons. The highest BCUT2D eigenvalue weighted by Crippen LogP contribution is 2.21. The van der Waals surface area contributed by atoms with E-state index in [-0.39, 0.29) is 0 Å². The molecule has 0 aliphatic carbocycles. The first-order valence-electron chi connectivity index (χ1n) is 7.37. The van der Waals surface area contributed by atoms with Crippen LogP contribution in [0, 0.1) is 6.92 Å². The van der Waals surface area contributed by atoms with Crippen LogP contribution in [0.5, 0.6) is 5.75 Å². The van der Waals surface area contributed by atoms with Gasteiger partial charge in [-0.05, 0) is 63.0 Å². The van der Waals surface area contributed by atoms with Crippen molar-refractivity contribution in [3.05, 3.63) is 28.8 Å². The van der Waals surface area contributed by atoms with Gasteiger partial charge in [0.25, 0.3) is 0 Å². The Hall–Kier alpha value is -0.730. The molecule has 3 heteroatoms. The summed E-state index contributed by atoms with van der Waals surface area (Å²) in [4.78, 5) is 2.57. The van der Waals surface area contributed by atoms with Gasteiger partial charge in [0, 0.05) is 11.6 Å².